The lowest BCUT2D eigenvalue weighted by Crippen LogP contribution is -2.42. The summed E-state index contributed by atoms with van der Waals surface area (Å²) in [5, 5.41) is 0. The van der Waals surface area contributed by atoms with E-state index in [1.807, 2.05) is 0 Å². The third kappa shape index (κ3) is 4.10. The molecule has 1 aliphatic heterocycles. The summed E-state index contributed by atoms with van der Waals surface area (Å²) in [6.07, 6.45) is 7.61. The van der Waals surface area contributed by atoms with Crippen LogP contribution in [0.4, 0.5) is 0 Å². The second-order valence-corrected chi connectivity index (χ2v) is 4.14. The number of nitrogens with zero attached hydrogens (tertiary/aromatic N) is 1. The van der Waals surface area contributed by atoms with Crippen molar-refractivity contribution in [2.24, 2.45) is 5.92 Å². The Hall–Kier alpha value is -1.50. The van der Waals surface area contributed by atoms with Gasteiger partial charge in [-0.2, -0.15) is 0 Å². The van der Waals surface area contributed by atoms with Gasteiger partial charge >= 0.3 is 5.97 Å². The van der Waals surface area contributed by atoms with E-state index in [4.69, 9.17) is 11.2 Å². The summed E-state index contributed by atoms with van der Waals surface area (Å²) in [6.45, 7) is 3.37. The second kappa shape index (κ2) is 6.95. The maximum absolute atomic E-state index is 11.8. The molecule has 0 spiro atoms. The zero-order valence-corrected chi connectivity index (χ0v) is 10.3. The number of hydrogen-bond acceptors (Lipinski definition) is 3. The Labute approximate surface area is 102 Å². The third-order valence-electron chi connectivity index (χ3n) is 2.88. The van der Waals surface area contributed by atoms with E-state index >= 15 is 0 Å². The van der Waals surface area contributed by atoms with Crippen LogP contribution < -0.4 is 0 Å². The molecule has 0 aromatic carbocycles. The largest absolute Gasteiger partial charge is 0.466 e. The molecule has 1 fully saturated rings. The number of carbonyl (C=O) groups excluding carboxylic acids is 2. The number of rotatable bonds is 4. The maximum Gasteiger partial charge on any atom is 0.310 e. The lowest BCUT2D eigenvalue weighted by Gasteiger charge is -2.31. The Kier molecular flexibility index (Phi) is 5.55. The molecule has 1 atom stereocenters. The molecule has 1 amide bonds. The second-order valence-electron chi connectivity index (χ2n) is 4.14. The smallest absolute Gasteiger partial charge is 0.310 e. The van der Waals surface area contributed by atoms with Crippen molar-refractivity contribution in [3.63, 3.8) is 0 Å². The van der Waals surface area contributed by atoms with E-state index in [1.54, 1.807) is 11.8 Å². The number of amides is 1. The van der Waals surface area contributed by atoms with Crippen molar-refractivity contribution in [1.82, 2.24) is 4.90 Å². The van der Waals surface area contributed by atoms with Crippen LogP contribution in [0.2, 0.25) is 0 Å². The normalized spacial score (nSPS) is 19.5. The summed E-state index contributed by atoms with van der Waals surface area (Å²) in [4.78, 5) is 25.1. The van der Waals surface area contributed by atoms with Gasteiger partial charge in [-0.05, 0) is 19.8 Å². The molecule has 0 aliphatic carbocycles. The minimum Gasteiger partial charge on any atom is -0.466 e. The average molecular weight is 237 g/mol. The van der Waals surface area contributed by atoms with Crippen LogP contribution in [0.15, 0.2) is 0 Å². The van der Waals surface area contributed by atoms with E-state index in [1.165, 1.54) is 0 Å². The Morgan fingerprint density at radius 2 is 2.29 bits per heavy atom. The highest BCUT2D eigenvalue weighted by molar-refractivity contribution is 5.78. The van der Waals surface area contributed by atoms with Crippen LogP contribution in [0, 0.1) is 18.3 Å². The molecule has 1 heterocycles. The highest BCUT2D eigenvalue weighted by atomic mass is 16.5. The summed E-state index contributed by atoms with van der Waals surface area (Å²) in [7, 11) is 0. The molecule has 17 heavy (non-hydrogen) atoms. The molecule has 1 saturated heterocycles. The van der Waals surface area contributed by atoms with Gasteiger partial charge in [-0.25, -0.2) is 0 Å². The van der Waals surface area contributed by atoms with Crippen molar-refractivity contribution < 1.29 is 14.3 Å². The molecule has 1 rings (SSSR count). The van der Waals surface area contributed by atoms with Gasteiger partial charge in [0.05, 0.1) is 12.5 Å². The predicted molar refractivity (Wildman–Crippen MR) is 64.0 cm³/mol. The van der Waals surface area contributed by atoms with Crippen LogP contribution >= 0.6 is 0 Å². The van der Waals surface area contributed by atoms with E-state index in [9.17, 15) is 9.59 Å². The fourth-order valence-corrected chi connectivity index (χ4v) is 1.99. The Balaban J connectivity index is 2.46. The lowest BCUT2D eigenvalue weighted by molar-refractivity contribution is -0.151. The highest BCUT2D eigenvalue weighted by Crippen LogP contribution is 2.18. The summed E-state index contributed by atoms with van der Waals surface area (Å²) in [5.74, 6) is 2.13. The van der Waals surface area contributed by atoms with E-state index < -0.39 is 0 Å². The van der Waals surface area contributed by atoms with Crippen LogP contribution in [-0.4, -0.2) is 36.5 Å². The molecule has 94 valence electrons. The van der Waals surface area contributed by atoms with Crippen LogP contribution in [0.1, 0.15) is 32.6 Å². The number of esters is 1. The molecule has 4 heteroatoms. The fourth-order valence-electron chi connectivity index (χ4n) is 1.99. The summed E-state index contributed by atoms with van der Waals surface area (Å²) < 4.78 is 4.98. The zero-order valence-electron chi connectivity index (χ0n) is 10.3. The SMILES string of the molecule is C#CCCC(=O)N1CCC[C@@H](C(=O)OCC)C1. The number of ether oxygens (including phenoxy) is 1. The first kappa shape index (κ1) is 13.6. The molecular weight excluding hydrogens is 218 g/mol. The molecule has 0 radical (unpaired) electrons. The van der Waals surface area contributed by atoms with E-state index in [0.717, 1.165) is 19.4 Å². The number of likely N-dealkylation sites (tertiary alicyclic amines) is 1. The monoisotopic (exact) mass is 237 g/mol. The van der Waals surface area contributed by atoms with Crippen molar-refractivity contribution in [3.8, 4) is 12.3 Å². The minimum absolute atomic E-state index is 0.0388. The Morgan fingerprint density at radius 1 is 1.53 bits per heavy atom. The molecule has 0 saturated carbocycles. The molecule has 0 aromatic heterocycles. The van der Waals surface area contributed by atoms with Gasteiger partial charge in [0.2, 0.25) is 5.91 Å². The van der Waals surface area contributed by atoms with Crippen molar-refractivity contribution >= 4 is 11.9 Å². The van der Waals surface area contributed by atoms with E-state index in [0.29, 0.717) is 26.0 Å². The fraction of sp³-hybridized carbons (Fsp3) is 0.692. The standard InChI is InChI=1S/C13H19NO3/c1-3-5-8-12(15)14-9-6-7-11(10-14)13(16)17-4-2/h1,11H,4-10H2,2H3/t11-/m1/s1. The number of carbonyl (C=O) groups is 2. The highest BCUT2D eigenvalue weighted by Gasteiger charge is 2.28. The van der Waals surface area contributed by atoms with Crippen LogP contribution in [0.3, 0.4) is 0 Å². The maximum atomic E-state index is 11.8. The Bertz CT molecular complexity index is 319. The first-order valence-corrected chi connectivity index (χ1v) is 6.07. The van der Waals surface area contributed by atoms with Crippen molar-refractivity contribution in [3.05, 3.63) is 0 Å². The van der Waals surface area contributed by atoms with Crippen LogP contribution in [0.5, 0.6) is 0 Å². The van der Waals surface area contributed by atoms with Gasteiger partial charge in [0.15, 0.2) is 0 Å². The molecule has 0 unspecified atom stereocenters. The van der Waals surface area contributed by atoms with Gasteiger partial charge in [0.25, 0.3) is 0 Å². The van der Waals surface area contributed by atoms with Gasteiger partial charge in [0, 0.05) is 25.9 Å². The van der Waals surface area contributed by atoms with Crippen molar-refractivity contribution in [2.75, 3.05) is 19.7 Å². The van der Waals surface area contributed by atoms with E-state index in [2.05, 4.69) is 5.92 Å². The molecular formula is C13H19NO3. The average Bonchev–Trinajstić information content (AvgIpc) is 2.36. The molecule has 4 nitrogen and oxygen atoms in total. The van der Waals surface area contributed by atoms with Gasteiger partial charge in [-0.1, -0.05) is 0 Å². The third-order valence-corrected chi connectivity index (χ3v) is 2.88. The van der Waals surface area contributed by atoms with Crippen LogP contribution in [-0.2, 0) is 14.3 Å². The molecule has 0 aromatic rings. The number of piperidine rings is 1. The van der Waals surface area contributed by atoms with Crippen molar-refractivity contribution in [2.45, 2.75) is 32.6 Å². The number of hydrogen-bond donors (Lipinski definition) is 0. The van der Waals surface area contributed by atoms with Gasteiger partial charge < -0.3 is 9.64 Å². The first-order chi connectivity index (χ1) is 8.19. The van der Waals surface area contributed by atoms with Crippen molar-refractivity contribution in [1.29, 1.82) is 0 Å². The topological polar surface area (TPSA) is 46.6 Å². The summed E-state index contributed by atoms with van der Waals surface area (Å²) in [6, 6.07) is 0. The zero-order chi connectivity index (χ0) is 12.7. The summed E-state index contributed by atoms with van der Waals surface area (Å²) >= 11 is 0. The number of terminal acetylenes is 1. The Morgan fingerprint density at radius 3 is 2.94 bits per heavy atom. The van der Waals surface area contributed by atoms with Crippen LogP contribution in [0.25, 0.3) is 0 Å². The van der Waals surface area contributed by atoms with Gasteiger partial charge in [0.1, 0.15) is 0 Å². The summed E-state index contributed by atoms with van der Waals surface area (Å²) in [5.41, 5.74) is 0. The van der Waals surface area contributed by atoms with Gasteiger partial charge in [-0.15, -0.1) is 12.3 Å². The first-order valence-electron chi connectivity index (χ1n) is 6.07. The quantitative estimate of drug-likeness (QED) is 0.545. The minimum atomic E-state index is -0.193. The van der Waals surface area contributed by atoms with Gasteiger partial charge in [-0.3, -0.25) is 9.59 Å². The predicted octanol–water partition coefficient (Wildman–Crippen LogP) is 1.20. The lowest BCUT2D eigenvalue weighted by atomic mass is 9.98. The molecule has 1 aliphatic rings. The molecule has 0 bridgehead atoms. The van der Waals surface area contributed by atoms with E-state index in [-0.39, 0.29) is 17.8 Å². The molecule has 0 N–H and O–H groups in total.